The summed E-state index contributed by atoms with van der Waals surface area (Å²) in [6.45, 7) is 5.26. The SMILES string of the molecule is COc1ccc2cc(C(=O)NCCCC[C@H](NC(=O)OC(C)(C)C)C(=O)O)c(=O)oc2c1. The second-order valence-electron chi connectivity index (χ2n) is 8.14. The number of ether oxygens (including phenoxy) is 2. The van der Waals surface area contributed by atoms with Crippen molar-refractivity contribution < 1.29 is 33.4 Å². The van der Waals surface area contributed by atoms with Crippen LogP contribution in [-0.2, 0) is 9.53 Å². The molecular formula is C22H28N2O8. The van der Waals surface area contributed by atoms with Crippen molar-refractivity contribution in [1.29, 1.82) is 0 Å². The number of carboxylic acids is 1. The summed E-state index contributed by atoms with van der Waals surface area (Å²) < 4.78 is 15.3. The van der Waals surface area contributed by atoms with E-state index in [2.05, 4.69) is 10.6 Å². The van der Waals surface area contributed by atoms with Crippen LogP contribution < -0.4 is 21.0 Å². The monoisotopic (exact) mass is 448 g/mol. The maximum Gasteiger partial charge on any atom is 0.408 e. The molecule has 0 bridgehead atoms. The minimum Gasteiger partial charge on any atom is -0.497 e. The summed E-state index contributed by atoms with van der Waals surface area (Å²) in [4.78, 5) is 47.6. The highest BCUT2D eigenvalue weighted by molar-refractivity contribution is 5.96. The van der Waals surface area contributed by atoms with Crippen molar-refractivity contribution in [3.63, 3.8) is 0 Å². The van der Waals surface area contributed by atoms with Crippen molar-refractivity contribution in [3.05, 3.63) is 40.2 Å². The number of carbonyl (C=O) groups excluding carboxylic acids is 2. The number of alkyl carbamates (subject to hydrolysis) is 1. The predicted octanol–water partition coefficient (Wildman–Crippen LogP) is 2.68. The molecule has 1 atom stereocenters. The molecule has 10 nitrogen and oxygen atoms in total. The Bertz CT molecular complexity index is 1040. The zero-order valence-corrected chi connectivity index (χ0v) is 18.5. The van der Waals surface area contributed by atoms with Gasteiger partial charge in [-0.3, -0.25) is 4.79 Å². The van der Waals surface area contributed by atoms with Crippen LogP contribution in [0.25, 0.3) is 11.0 Å². The Balaban J connectivity index is 1.86. The highest BCUT2D eigenvalue weighted by atomic mass is 16.6. The fraction of sp³-hybridized carbons (Fsp3) is 0.455. The molecule has 174 valence electrons. The first-order valence-electron chi connectivity index (χ1n) is 10.1. The Hall–Kier alpha value is -3.56. The zero-order chi connectivity index (χ0) is 23.9. The Morgan fingerprint density at radius 3 is 2.50 bits per heavy atom. The number of carbonyl (C=O) groups is 3. The Morgan fingerprint density at radius 2 is 1.88 bits per heavy atom. The lowest BCUT2D eigenvalue weighted by molar-refractivity contribution is -0.139. The van der Waals surface area contributed by atoms with Gasteiger partial charge < -0.3 is 29.6 Å². The van der Waals surface area contributed by atoms with Crippen LogP contribution in [0.1, 0.15) is 50.4 Å². The first kappa shape index (κ1) is 24.7. The van der Waals surface area contributed by atoms with Gasteiger partial charge in [0, 0.05) is 18.0 Å². The lowest BCUT2D eigenvalue weighted by Crippen LogP contribution is -2.43. The van der Waals surface area contributed by atoms with E-state index in [-0.39, 0.29) is 18.5 Å². The fourth-order valence-corrected chi connectivity index (χ4v) is 2.85. The molecule has 0 aliphatic rings. The van der Waals surface area contributed by atoms with Crippen molar-refractivity contribution >= 4 is 28.9 Å². The molecule has 1 aromatic heterocycles. The van der Waals surface area contributed by atoms with Crippen LogP contribution >= 0.6 is 0 Å². The Morgan fingerprint density at radius 1 is 1.16 bits per heavy atom. The molecule has 0 saturated carbocycles. The molecule has 0 fully saturated rings. The number of methoxy groups -OCH3 is 1. The van der Waals surface area contributed by atoms with Crippen LogP contribution in [0.5, 0.6) is 5.75 Å². The van der Waals surface area contributed by atoms with E-state index in [0.29, 0.717) is 29.6 Å². The molecule has 0 saturated heterocycles. The maximum absolute atomic E-state index is 12.4. The number of unbranched alkanes of at least 4 members (excludes halogenated alkanes) is 1. The van der Waals surface area contributed by atoms with Crippen molar-refractivity contribution in [2.45, 2.75) is 51.7 Å². The number of nitrogens with one attached hydrogen (secondary N) is 2. The molecule has 1 heterocycles. The van der Waals surface area contributed by atoms with E-state index in [1.54, 1.807) is 39.0 Å². The average Bonchev–Trinajstić information content (AvgIpc) is 2.69. The van der Waals surface area contributed by atoms with Gasteiger partial charge in [-0.1, -0.05) is 0 Å². The molecule has 0 unspecified atom stereocenters. The molecule has 0 spiro atoms. The summed E-state index contributed by atoms with van der Waals surface area (Å²) in [5.41, 5.74) is -1.32. The summed E-state index contributed by atoms with van der Waals surface area (Å²) in [6, 6.07) is 5.26. The first-order chi connectivity index (χ1) is 15.0. The Labute approximate surface area is 184 Å². The van der Waals surface area contributed by atoms with Crippen LogP contribution in [-0.4, -0.2) is 48.4 Å². The van der Waals surface area contributed by atoms with Crippen molar-refractivity contribution in [2.75, 3.05) is 13.7 Å². The van der Waals surface area contributed by atoms with Gasteiger partial charge in [-0.05, 0) is 58.2 Å². The number of fused-ring (bicyclic) bond motifs is 1. The van der Waals surface area contributed by atoms with E-state index in [1.807, 2.05) is 0 Å². The van der Waals surface area contributed by atoms with Gasteiger partial charge in [0.2, 0.25) is 0 Å². The molecular weight excluding hydrogens is 420 g/mol. The maximum atomic E-state index is 12.4. The van der Waals surface area contributed by atoms with Gasteiger partial charge in [-0.15, -0.1) is 0 Å². The van der Waals surface area contributed by atoms with Crippen LogP contribution in [0.2, 0.25) is 0 Å². The minimum absolute atomic E-state index is 0.127. The highest BCUT2D eigenvalue weighted by Crippen LogP contribution is 2.20. The van der Waals surface area contributed by atoms with Crippen molar-refractivity contribution in [3.8, 4) is 5.75 Å². The van der Waals surface area contributed by atoms with E-state index in [0.717, 1.165) is 0 Å². The zero-order valence-electron chi connectivity index (χ0n) is 18.5. The van der Waals surface area contributed by atoms with Crippen LogP contribution in [0.15, 0.2) is 33.5 Å². The molecule has 2 aromatic rings. The number of hydrogen-bond acceptors (Lipinski definition) is 7. The minimum atomic E-state index is -1.18. The fourth-order valence-electron chi connectivity index (χ4n) is 2.85. The number of carboxylic acid groups (broad SMARTS) is 1. The largest absolute Gasteiger partial charge is 0.497 e. The lowest BCUT2D eigenvalue weighted by Gasteiger charge is -2.22. The third-order valence-electron chi connectivity index (χ3n) is 4.38. The molecule has 2 rings (SSSR count). The summed E-state index contributed by atoms with van der Waals surface area (Å²) in [6.07, 6.45) is 0.212. The molecule has 0 aliphatic heterocycles. The van der Waals surface area contributed by atoms with Gasteiger partial charge in [0.1, 0.15) is 28.5 Å². The third-order valence-corrected chi connectivity index (χ3v) is 4.38. The predicted molar refractivity (Wildman–Crippen MR) is 116 cm³/mol. The summed E-state index contributed by atoms with van der Waals surface area (Å²) in [5.74, 6) is -1.23. The van der Waals surface area contributed by atoms with Gasteiger partial charge in [0.05, 0.1) is 7.11 Å². The Kier molecular flexibility index (Phi) is 8.22. The standard InChI is InChI=1S/C22H28N2O8/c1-22(2,3)32-21(29)24-16(19(26)27)7-5-6-10-23-18(25)15-11-13-8-9-14(30-4)12-17(13)31-20(15)28/h8-9,11-12,16H,5-7,10H2,1-4H3,(H,23,25)(H,24,29)(H,26,27)/t16-/m0/s1. The van der Waals surface area contributed by atoms with E-state index >= 15 is 0 Å². The van der Waals surface area contributed by atoms with Crippen LogP contribution in [0.3, 0.4) is 0 Å². The summed E-state index contributed by atoms with van der Waals surface area (Å²) >= 11 is 0. The van der Waals surface area contributed by atoms with Gasteiger partial charge in [-0.25, -0.2) is 14.4 Å². The lowest BCUT2D eigenvalue weighted by atomic mass is 10.1. The van der Waals surface area contributed by atoms with Crippen molar-refractivity contribution in [2.24, 2.45) is 0 Å². The average molecular weight is 448 g/mol. The summed E-state index contributed by atoms with van der Waals surface area (Å²) in [7, 11) is 1.49. The van der Waals surface area contributed by atoms with Crippen LogP contribution in [0.4, 0.5) is 4.79 Å². The van der Waals surface area contributed by atoms with E-state index in [9.17, 15) is 24.3 Å². The number of hydrogen-bond donors (Lipinski definition) is 3. The molecule has 1 aromatic carbocycles. The third kappa shape index (κ3) is 7.29. The molecule has 0 aliphatic carbocycles. The number of benzene rings is 1. The smallest absolute Gasteiger partial charge is 0.408 e. The molecule has 0 radical (unpaired) electrons. The summed E-state index contributed by atoms with van der Waals surface area (Å²) in [5, 5.41) is 14.8. The number of rotatable bonds is 9. The topological polar surface area (TPSA) is 144 Å². The highest BCUT2D eigenvalue weighted by Gasteiger charge is 2.23. The first-order valence-corrected chi connectivity index (χ1v) is 10.1. The molecule has 10 heteroatoms. The molecule has 2 amide bonds. The molecule has 3 N–H and O–H groups in total. The van der Waals surface area contributed by atoms with Crippen molar-refractivity contribution in [1.82, 2.24) is 10.6 Å². The number of amides is 2. The van der Waals surface area contributed by atoms with Gasteiger partial charge >= 0.3 is 17.7 Å². The number of aliphatic carboxylic acids is 1. The van der Waals surface area contributed by atoms with Gasteiger partial charge in [0.15, 0.2) is 0 Å². The molecule has 32 heavy (non-hydrogen) atoms. The van der Waals surface area contributed by atoms with Gasteiger partial charge in [0.25, 0.3) is 5.91 Å². The van der Waals surface area contributed by atoms with E-state index in [4.69, 9.17) is 13.9 Å². The second-order valence-corrected chi connectivity index (χ2v) is 8.14. The van der Waals surface area contributed by atoms with E-state index < -0.39 is 35.2 Å². The quantitative estimate of drug-likeness (QED) is 0.392. The van der Waals surface area contributed by atoms with Crippen LogP contribution in [0, 0.1) is 0 Å². The van der Waals surface area contributed by atoms with Gasteiger partial charge in [-0.2, -0.15) is 0 Å². The second kappa shape index (κ2) is 10.7. The van der Waals surface area contributed by atoms with E-state index in [1.165, 1.54) is 13.2 Å². The normalized spacial score (nSPS) is 12.1.